The number of carbonyl (C=O) groups excluding carboxylic acids is 3. The van der Waals surface area contributed by atoms with Crippen LogP contribution in [0.15, 0.2) is 76.7 Å². The summed E-state index contributed by atoms with van der Waals surface area (Å²) in [6.07, 6.45) is 14.1. The van der Waals surface area contributed by atoms with E-state index < -0.39 is 5.41 Å². The van der Waals surface area contributed by atoms with Crippen molar-refractivity contribution in [3.05, 3.63) is 88.0 Å². The van der Waals surface area contributed by atoms with Gasteiger partial charge in [-0.15, -0.1) is 5.10 Å². The van der Waals surface area contributed by atoms with E-state index in [1.54, 1.807) is 17.0 Å². The number of allylic oxidation sites excluding steroid dienone is 7. The first-order valence-electron chi connectivity index (χ1n) is 18.1. The Labute approximate surface area is 294 Å². The van der Waals surface area contributed by atoms with E-state index >= 15 is 0 Å². The molecule has 3 fully saturated rings. The van der Waals surface area contributed by atoms with Gasteiger partial charge in [-0.3, -0.25) is 14.4 Å². The third kappa shape index (κ3) is 5.13. The molecule has 9 heteroatoms. The number of aryl methyl sites for hydroxylation is 1. The molecule has 2 aromatic rings. The van der Waals surface area contributed by atoms with E-state index in [9.17, 15) is 19.5 Å². The molecule has 0 saturated heterocycles. The predicted octanol–water partition coefficient (Wildman–Crippen LogP) is 7.36. The zero-order valence-electron chi connectivity index (χ0n) is 30.5. The van der Waals surface area contributed by atoms with Crippen LogP contribution in [-0.4, -0.2) is 44.4 Å². The number of hydrogen-bond acceptors (Lipinski definition) is 7. The molecule has 264 valence electrons. The molecule has 0 spiro atoms. The second-order valence-electron chi connectivity index (χ2n) is 17.0. The normalized spacial score (nSPS) is 34.7. The molecule has 1 aromatic carbocycles. The molecule has 9 nitrogen and oxygen atoms in total. The number of benzene rings is 1. The number of fused-ring (bicyclic) bond motifs is 7. The highest BCUT2D eigenvalue weighted by Crippen LogP contribution is 2.75. The van der Waals surface area contributed by atoms with Crippen molar-refractivity contribution < 1.29 is 24.2 Å². The van der Waals surface area contributed by atoms with Gasteiger partial charge < -0.3 is 15.2 Å². The summed E-state index contributed by atoms with van der Waals surface area (Å²) >= 11 is 0. The molecule has 0 bridgehead atoms. The Bertz CT molecular complexity index is 1920. The van der Waals surface area contributed by atoms with Crippen LogP contribution in [0.1, 0.15) is 97.7 Å². The quantitative estimate of drug-likeness (QED) is 0.306. The zero-order valence-corrected chi connectivity index (χ0v) is 30.5. The molecular weight excluding hydrogens is 628 g/mol. The number of aromatic nitrogens is 3. The van der Waals surface area contributed by atoms with Gasteiger partial charge >= 0.3 is 5.97 Å². The fraction of sp³-hybridized carbons (Fsp3) is 0.537. The number of hydrogen-bond donors (Lipinski definition) is 2. The summed E-state index contributed by atoms with van der Waals surface area (Å²) < 4.78 is 7.41. The molecule has 1 aromatic heterocycles. The SMILES string of the molecule is CC1=C(O)C(=O)C=C2C1=CC=C1[C@@]2(C)CC[C@@]2(C)[C@@H]3C[C@](C)(C(=O)OCC(=O)NCc4cn(-c5ccc(C)cc5)nn4)CC[C@]3(C)CC[C@]12C. The summed E-state index contributed by atoms with van der Waals surface area (Å²) in [7, 11) is 0. The standard InChI is InChI=1S/C41H50N4O5/c1-25-8-10-28(11-9-25)45-23-27(43-44-45)22-42-34(47)24-50-36(49)38(4)15-14-37(3)16-18-40(6)32-13-12-29-26(2)35(48)31(46)20-30(29)39(32,5)17-19-41(40,7)33(37)21-38/h8-13,20,23,33,48H,14-19,21-22,24H2,1-7H3,(H,42,47)/t33-,37-,38-,39+,40-,41+/m1/s1. The molecule has 7 rings (SSSR count). The molecule has 5 aliphatic rings. The first kappa shape index (κ1) is 34.2. The van der Waals surface area contributed by atoms with Crippen molar-refractivity contribution in [3.63, 3.8) is 0 Å². The summed E-state index contributed by atoms with van der Waals surface area (Å²) in [6.45, 7) is 15.3. The number of nitrogens with one attached hydrogen (secondary N) is 1. The first-order valence-corrected chi connectivity index (χ1v) is 18.1. The van der Waals surface area contributed by atoms with Crippen molar-refractivity contribution >= 4 is 17.7 Å². The number of ketones is 1. The smallest absolute Gasteiger partial charge is 0.312 e. The van der Waals surface area contributed by atoms with Gasteiger partial charge in [0.05, 0.1) is 23.8 Å². The van der Waals surface area contributed by atoms with Crippen molar-refractivity contribution in [1.82, 2.24) is 20.3 Å². The maximum atomic E-state index is 13.8. The van der Waals surface area contributed by atoms with E-state index in [2.05, 4.69) is 55.5 Å². The Balaban J connectivity index is 1.04. The summed E-state index contributed by atoms with van der Waals surface area (Å²) in [4.78, 5) is 39.4. The molecule has 50 heavy (non-hydrogen) atoms. The number of rotatable bonds is 6. The van der Waals surface area contributed by atoms with E-state index in [1.807, 2.05) is 45.0 Å². The molecule has 0 radical (unpaired) electrons. The summed E-state index contributed by atoms with van der Waals surface area (Å²) in [5.41, 5.74) is 5.52. The molecule has 1 heterocycles. The van der Waals surface area contributed by atoms with Crippen molar-refractivity contribution in [1.29, 1.82) is 0 Å². The van der Waals surface area contributed by atoms with Crippen LogP contribution in [0.3, 0.4) is 0 Å². The van der Waals surface area contributed by atoms with Crippen molar-refractivity contribution in [2.45, 2.75) is 100.0 Å². The van der Waals surface area contributed by atoms with Crippen LogP contribution >= 0.6 is 0 Å². The van der Waals surface area contributed by atoms with Crippen molar-refractivity contribution in [2.75, 3.05) is 6.61 Å². The number of aliphatic hydroxyl groups is 1. The van der Waals surface area contributed by atoms with E-state index in [0.29, 0.717) is 17.7 Å². The van der Waals surface area contributed by atoms with Gasteiger partial charge in [0.25, 0.3) is 5.91 Å². The first-order chi connectivity index (χ1) is 23.5. The third-order valence-corrected chi connectivity index (χ3v) is 14.0. The minimum atomic E-state index is -0.699. The molecule has 0 unspecified atom stereocenters. The lowest BCUT2D eigenvalue weighted by atomic mass is 9.34. The van der Waals surface area contributed by atoms with Crippen LogP contribution in [0.2, 0.25) is 0 Å². The molecule has 2 N–H and O–H groups in total. The second kappa shape index (κ2) is 11.6. The van der Waals surface area contributed by atoms with E-state index in [0.717, 1.165) is 60.9 Å². The summed E-state index contributed by atoms with van der Waals surface area (Å²) in [6, 6.07) is 7.93. The predicted molar refractivity (Wildman–Crippen MR) is 190 cm³/mol. The number of aliphatic hydroxyl groups excluding tert-OH is 1. The molecule has 6 atom stereocenters. The molecule has 3 saturated carbocycles. The van der Waals surface area contributed by atoms with Gasteiger partial charge in [-0.2, -0.15) is 0 Å². The zero-order chi connectivity index (χ0) is 35.9. The van der Waals surface area contributed by atoms with Gasteiger partial charge in [0.15, 0.2) is 12.4 Å². The van der Waals surface area contributed by atoms with Crippen LogP contribution < -0.4 is 5.32 Å². The number of carbonyl (C=O) groups is 3. The topological polar surface area (TPSA) is 123 Å². The van der Waals surface area contributed by atoms with Gasteiger partial charge in [0.2, 0.25) is 5.78 Å². The summed E-state index contributed by atoms with van der Waals surface area (Å²) in [5, 5.41) is 21.6. The molecular formula is C41H50N4O5. The maximum Gasteiger partial charge on any atom is 0.312 e. The Hall–Kier alpha value is -4.27. The Morgan fingerprint density at radius 2 is 1.70 bits per heavy atom. The average molecular weight is 679 g/mol. The second-order valence-corrected chi connectivity index (χ2v) is 17.0. The van der Waals surface area contributed by atoms with Gasteiger partial charge in [0.1, 0.15) is 5.69 Å². The van der Waals surface area contributed by atoms with Gasteiger partial charge in [0, 0.05) is 11.0 Å². The van der Waals surface area contributed by atoms with Crippen LogP contribution in [0.5, 0.6) is 0 Å². The lowest BCUT2D eigenvalue weighted by Gasteiger charge is -2.70. The third-order valence-electron chi connectivity index (χ3n) is 14.0. The number of nitrogens with zero attached hydrogens (tertiary/aromatic N) is 3. The van der Waals surface area contributed by atoms with Gasteiger partial charge in [-0.05, 0) is 117 Å². The lowest BCUT2D eigenvalue weighted by molar-refractivity contribution is -0.183. The van der Waals surface area contributed by atoms with Crippen LogP contribution in [0, 0.1) is 39.9 Å². The van der Waals surface area contributed by atoms with E-state index in [1.165, 1.54) is 5.57 Å². The highest BCUT2D eigenvalue weighted by atomic mass is 16.5. The molecule has 1 amide bonds. The Morgan fingerprint density at radius 3 is 2.44 bits per heavy atom. The minimum Gasteiger partial charge on any atom is -0.504 e. The number of ether oxygens (including phenoxy) is 1. The highest BCUT2D eigenvalue weighted by molar-refractivity contribution is 6.06. The largest absolute Gasteiger partial charge is 0.504 e. The number of esters is 1. The number of amides is 1. The van der Waals surface area contributed by atoms with Gasteiger partial charge in [-0.25, -0.2) is 4.68 Å². The van der Waals surface area contributed by atoms with Crippen LogP contribution in [-0.2, 0) is 25.7 Å². The van der Waals surface area contributed by atoms with Crippen LogP contribution in [0.4, 0.5) is 0 Å². The fourth-order valence-corrected chi connectivity index (χ4v) is 10.4. The van der Waals surface area contributed by atoms with E-state index in [-0.39, 0.29) is 64.1 Å². The monoisotopic (exact) mass is 678 g/mol. The molecule has 0 aliphatic heterocycles. The van der Waals surface area contributed by atoms with E-state index in [4.69, 9.17) is 4.74 Å². The lowest BCUT2D eigenvalue weighted by Crippen LogP contribution is -2.62. The Morgan fingerprint density at radius 1 is 0.980 bits per heavy atom. The summed E-state index contributed by atoms with van der Waals surface area (Å²) in [5.74, 6) is -0.883. The minimum absolute atomic E-state index is 0.0850. The van der Waals surface area contributed by atoms with Crippen LogP contribution in [0.25, 0.3) is 5.69 Å². The maximum absolute atomic E-state index is 13.8. The Kier molecular flexibility index (Phi) is 7.96. The highest BCUT2D eigenvalue weighted by Gasteiger charge is 2.67. The average Bonchev–Trinajstić information content (AvgIpc) is 3.57. The van der Waals surface area contributed by atoms with Crippen molar-refractivity contribution in [2.24, 2.45) is 33.0 Å². The van der Waals surface area contributed by atoms with Gasteiger partial charge in [-0.1, -0.05) is 68.3 Å². The van der Waals surface area contributed by atoms with Crippen molar-refractivity contribution in [3.8, 4) is 5.69 Å². The molecule has 5 aliphatic carbocycles. The fourth-order valence-electron chi connectivity index (χ4n) is 10.4.